The van der Waals surface area contributed by atoms with Gasteiger partial charge in [0.25, 0.3) is 0 Å². The van der Waals surface area contributed by atoms with Crippen LogP contribution in [0.25, 0.3) is 0 Å². The van der Waals surface area contributed by atoms with Crippen LogP contribution in [-0.4, -0.2) is 0 Å². The lowest BCUT2D eigenvalue weighted by atomic mass is 9.59. The number of hydrogen-bond donors (Lipinski definition) is 1. The summed E-state index contributed by atoms with van der Waals surface area (Å²) in [7, 11) is 0. The van der Waals surface area contributed by atoms with Gasteiger partial charge in [0.1, 0.15) is 0 Å². The third-order valence-electron chi connectivity index (χ3n) is 5.07. The van der Waals surface area contributed by atoms with Gasteiger partial charge in [0.05, 0.1) is 0 Å². The lowest BCUT2D eigenvalue weighted by Crippen LogP contribution is -2.44. The van der Waals surface area contributed by atoms with Crippen LogP contribution in [0.15, 0.2) is 54.6 Å². The molecule has 1 fully saturated rings. The van der Waals surface area contributed by atoms with Crippen molar-refractivity contribution in [2.75, 3.05) is 0 Å². The molecule has 0 saturated heterocycles. The maximum absolute atomic E-state index is 6.69. The summed E-state index contributed by atoms with van der Waals surface area (Å²) in [5.41, 5.74) is 10.9. The van der Waals surface area contributed by atoms with Crippen molar-refractivity contribution in [3.63, 3.8) is 0 Å². The monoisotopic (exact) mass is 279 g/mol. The molecule has 0 aromatic heterocycles. The fourth-order valence-electron chi connectivity index (χ4n) is 3.61. The summed E-state index contributed by atoms with van der Waals surface area (Å²) in [5.74, 6) is 0. The molecule has 110 valence electrons. The SMILES string of the molecule is CCCc1ccc(C(N)C2(c3ccccc3)CCC2)cc1. The van der Waals surface area contributed by atoms with Crippen molar-refractivity contribution in [3.8, 4) is 0 Å². The van der Waals surface area contributed by atoms with Gasteiger partial charge in [0.2, 0.25) is 0 Å². The number of aryl methyl sites for hydroxylation is 1. The summed E-state index contributed by atoms with van der Waals surface area (Å²) in [6, 6.07) is 19.9. The molecule has 2 aromatic rings. The highest BCUT2D eigenvalue weighted by molar-refractivity contribution is 5.36. The zero-order valence-corrected chi connectivity index (χ0v) is 12.9. The largest absolute Gasteiger partial charge is 0.323 e. The van der Waals surface area contributed by atoms with E-state index in [9.17, 15) is 0 Å². The molecule has 0 radical (unpaired) electrons. The molecular weight excluding hydrogens is 254 g/mol. The van der Waals surface area contributed by atoms with Crippen molar-refractivity contribution >= 4 is 0 Å². The van der Waals surface area contributed by atoms with Crippen LogP contribution in [0.3, 0.4) is 0 Å². The van der Waals surface area contributed by atoms with Crippen LogP contribution in [0.5, 0.6) is 0 Å². The predicted molar refractivity (Wildman–Crippen MR) is 89.3 cm³/mol. The molecule has 1 nitrogen and oxygen atoms in total. The average molecular weight is 279 g/mol. The van der Waals surface area contributed by atoms with Gasteiger partial charge in [-0.1, -0.05) is 74.4 Å². The Balaban J connectivity index is 1.87. The van der Waals surface area contributed by atoms with E-state index in [1.807, 2.05) is 0 Å². The molecule has 1 aliphatic carbocycles. The van der Waals surface area contributed by atoms with Crippen LogP contribution >= 0.6 is 0 Å². The van der Waals surface area contributed by atoms with Gasteiger partial charge in [-0.15, -0.1) is 0 Å². The summed E-state index contributed by atoms with van der Waals surface area (Å²) in [6.07, 6.45) is 6.04. The lowest BCUT2D eigenvalue weighted by molar-refractivity contribution is 0.196. The minimum absolute atomic E-state index is 0.101. The van der Waals surface area contributed by atoms with E-state index in [-0.39, 0.29) is 11.5 Å². The first-order chi connectivity index (χ1) is 10.3. The van der Waals surface area contributed by atoms with Crippen molar-refractivity contribution in [2.45, 2.75) is 50.5 Å². The van der Waals surface area contributed by atoms with Gasteiger partial charge in [-0.3, -0.25) is 0 Å². The Morgan fingerprint density at radius 3 is 2.19 bits per heavy atom. The molecule has 21 heavy (non-hydrogen) atoms. The first kappa shape index (κ1) is 14.3. The molecule has 0 aliphatic heterocycles. The van der Waals surface area contributed by atoms with Gasteiger partial charge in [0.15, 0.2) is 0 Å². The molecule has 1 atom stereocenters. The quantitative estimate of drug-likeness (QED) is 0.839. The minimum atomic E-state index is 0.101. The molecule has 0 bridgehead atoms. The summed E-state index contributed by atoms with van der Waals surface area (Å²) in [5, 5.41) is 0. The van der Waals surface area contributed by atoms with Gasteiger partial charge < -0.3 is 5.73 Å². The third-order valence-corrected chi connectivity index (χ3v) is 5.07. The number of rotatable bonds is 5. The first-order valence-corrected chi connectivity index (χ1v) is 8.16. The molecule has 3 rings (SSSR count). The average Bonchev–Trinajstić information content (AvgIpc) is 2.48. The van der Waals surface area contributed by atoms with Crippen molar-refractivity contribution in [1.29, 1.82) is 0 Å². The van der Waals surface area contributed by atoms with E-state index in [0.29, 0.717) is 0 Å². The van der Waals surface area contributed by atoms with Crippen LogP contribution in [0.4, 0.5) is 0 Å². The zero-order chi connectivity index (χ0) is 14.7. The lowest BCUT2D eigenvalue weighted by Gasteiger charge is -2.47. The molecule has 1 aliphatic rings. The van der Waals surface area contributed by atoms with E-state index in [1.165, 1.54) is 42.4 Å². The maximum Gasteiger partial charge on any atom is 0.0393 e. The Bertz CT molecular complexity index is 567. The zero-order valence-electron chi connectivity index (χ0n) is 12.9. The first-order valence-electron chi connectivity index (χ1n) is 8.16. The van der Waals surface area contributed by atoms with E-state index in [2.05, 4.69) is 61.5 Å². The summed E-state index contributed by atoms with van der Waals surface area (Å²) in [6.45, 7) is 2.22. The molecule has 0 amide bonds. The van der Waals surface area contributed by atoms with E-state index in [4.69, 9.17) is 5.73 Å². The molecule has 0 heterocycles. The Kier molecular flexibility index (Phi) is 4.12. The fourth-order valence-corrected chi connectivity index (χ4v) is 3.61. The Morgan fingerprint density at radius 2 is 1.67 bits per heavy atom. The standard InChI is InChI=1S/C20H25N/c1-2-7-16-10-12-17(13-11-16)19(21)20(14-6-15-20)18-8-4-3-5-9-18/h3-5,8-13,19H,2,6-7,14-15,21H2,1H3. The summed E-state index contributed by atoms with van der Waals surface area (Å²) < 4.78 is 0. The highest BCUT2D eigenvalue weighted by Crippen LogP contribution is 2.51. The van der Waals surface area contributed by atoms with Crippen molar-refractivity contribution in [1.82, 2.24) is 0 Å². The topological polar surface area (TPSA) is 26.0 Å². The molecular formula is C20H25N. The third kappa shape index (κ3) is 2.63. The highest BCUT2D eigenvalue weighted by Gasteiger charge is 2.44. The molecule has 2 N–H and O–H groups in total. The van der Waals surface area contributed by atoms with E-state index >= 15 is 0 Å². The Hall–Kier alpha value is -1.60. The van der Waals surface area contributed by atoms with Crippen LogP contribution in [0.2, 0.25) is 0 Å². The highest BCUT2D eigenvalue weighted by atomic mass is 14.7. The molecule has 1 heteroatoms. The maximum atomic E-state index is 6.69. The number of hydrogen-bond acceptors (Lipinski definition) is 1. The Labute approximate surface area is 128 Å². The van der Waals surface area contributed by atoms with E-state index < -0.39 is 0 Å². The van der Waals surface area contributed by atoms with Gasteiger partial charge in [0, 0.05) is 11.5 Å². The van der Waals surface area contributed by atoms with E-state index in [1.54, 1.807) is 0 Å². The van der Waals surface area contributed by atoms with Crippen molar-refractivity contribution < 1.29 is 0 Å². The molecule has 1 unspecified atom stereocenters. The second-order valence-corrected chi connectivity index (χ2v) is 6.34. The number of nitrogens with two attached hydrogens (primary N) is 1. The number of benzene rings is 2. The van der Waals surface area contributed by atoms with Gasteiger partial charge in [-0.25, -0.2) is 0 Å². The van der Waals surface area contributed by atoms with Crippen molar-refractivity contribution in [2.24, 2.45) is 5.73 Å². The van der Waals surface area contributed by atoms with Crippen LogP contribution in [-0.2, 0) is 11.8 Å². The normalized spacial score (nSPS) is 18.0. The summed E-state index contributed by atoms with van der Waals surface area (Å²) >= 11 is 0. The van der Waals surface area contributed by atoms with Gasteiger partial charge in [-0.05, 0) is 36.0 Å². The van der Waals surface area contributed by atoms with Crippen LogP contribution in [0, 0.1) is 0 Å². The van der Waals surface area contributed by atoms with Crippen molar-refractivity contribution in [3.05, 3.63) is 71.3 Å². The predicted octanol–water partition coefficient (Wildman–Crippen LogP) is 4.76. The smallest absolute Gasteiger partial charge is 0.0393 e. The van der Waals surface area contributed by atoms with Crippen LogP contribution in [0.1, 0.15) is 55.3 Å². The van der Waals surface area contributed by atoms with Crippen LogP contribution < -0.4 is 5.73 Å². The molecule has 2 aromatic carbocycles. The van der Waals surface area contributed by atoms with Gasteiger partial charge in [-0.2, -0.15) is 0 Å². The Morgan fingerprint density at radius 1 is 1.00 bits per heavy atom. The second-order valence-electron chi connectivity index (χ2n) is 6.34. The molecule has 1 saturated carbocycles. The fraction of sp³-hybridized carbons (Fsp3) is 0.400. The summed E-state index contributed by atoms with van der Waals surface area (Å²) in [4.78, 5) is 0. The van der Waals surface area contributed by atoms with Gasteiger partial charge >= 0.3 is 0 Å². The minimum Gasteiger partial charge on any atom is -0.323 e. The van der Waals surface area contributed by atoms with E-state index in [0.717, 1.165) is 6.42 Å². The second kappa shape index (κ2) is 6.03. The molecule has 0 spiro atoms.